The van der Waals surface area contributed by atoms with Crippen LogP contribution in [0.25, 0.3) is 0 Å². The largest absolute Gasteiger partial charge is 0.345 e. The number of hydrogen-bond donors (Lipinski definition) is 2. The number of benzene rings is 1. The molecule has 0 aliphatic rings. The molecule has 0 bridgehead atoms. The van der Waals surface area contributed by atoms with Gasteiger partial charge < -0.3 is 10.6 Å². The van der Waals surface area contributed by atoms with Gasteiger partial charge in [0.05, 0.1) is 18.0 Å². The molecule has 0 fully saturated rings. The lowest BCUT2D eigenvalue weighted by molar-refractivity contribution is -0.128. The highest BCUT2D eigenvalue weighted by molar-refractivity contribution is 7.89. The molecule has 0 aliphatic heterocycles. The highest BCUT2D eigenvalue weighted by Crippen LogP contribution is 2.09. The number of nitrogens with one attached hydrogen (secondary N) is 1. The molecule has 0 aromatic heterocycles. The molecular weight excluding hydrogens is 290 g/mol. The molecule has 0 unspecified atom stereocenters. The molecule has 1 amide bonds. The monoisotopic (exact) mass is 309 g/mol. The molecule has 0 spiro atoms. The Labute approximate surface area is 125 Å². The summed E-state index contributed by atoms with van der Waals surface area (Å²) in [7, 11) is -2.09. The van der Waals surface area contributed by atoms with Crippen molar-refractivity contribution in [2.75, 3.05) is 26.7 Å². The lowest BCUT2D eigenvalue weighted by Crippen LogP contribution is -2.37. The summed E-state index contributed by atoms with van der Waals surface area (Å²) in [6.45, 7) is 2.32. The van der Waals surface area contributed by atoms with Crippen molar-refractivity contribution in [1.82, 2.24) is 9.62 Å². The second-order valence-electron chi connectivity index (χ2n) is 4.26. The van der Waals surface area contributed by atoms with Gasteiger partial charge in [0.2, 0.25) is 15.9 Å². The van der Waals surface area contributed by atoms with Gasteiger partial charge in [0.1, 0.15) is 0 Å². The van der Waals surface area contributed by atoms with Crippen molar-refractivity contribution in [2.24, 2.45) is 5.73 Å². The number of likely N-dealkylation sites (N-methyl/N-ethyl adjacent to an activating group) is 1. The topological polar surface area (TPSA) is 92.5 Å². The van der Waals surface area contributed by atoms with E-state index < -0.39 is 10.0 Å². The van der Waals surface area contributed by atoms with Gasteiger partial charge in [-0.05, 0) is 31.2 Å². The molecule has 0 radical (unpaired) electrons. The maximum absolute atomic E-state index is 12.0. The van der Waals surface area contributed by atoms with E-state index in [0.717, 1.165) is 0 Å². The Morgan fingerprint density at radius 1 is 1.33 bits per heavy atom. The van der Waals surface area contributed by atoms with Crippen LogP contribution in [0.15, 0.2) is 29.2 Å². The second-order valence-corrected chi connectivity index (χ2v) is 6.03. The molecule has 0 heterocycles. The van der Waals surface area contributed by atoms with E-state index in [1.54, 1.807) is 19.2 Å². The van der Waals surface area contributed by atoms with E-state index in [1.807, 2.05) is 6.92 Å². The Balaban J connectivity index is 2.77. The molecule has 1 aromatic rings. The first kappa shape index (κ1) is 17.2. The van der Waals surface area contributed by atoms with E-state index in [9.17, 15) is 13.2 Å². The fourth-order valence-electron chi connectivity index (χ4n) is 1.42. The third kappa shape index (κ3) is 5.19. The summed E-state index contributed by atoms with van der Waals surface area (Å²) in [5, 5.41) is 0. The van der Waals surface area contributed by atoms with Crippen molar-refractivity contribution < 1.29 is 13.2 Å². The van der Waals surface area contributed by atoms with E-state index >= 15 is 0 Å². The molecule has 114 valence electrons. The Hall–Kier alpha value is -1.88. The van der Waals surface area contributed by atoms with Crippen molar-refractivity contribution >= 4 is 15.9 Å². The summed E-state index contributed by atoms with van der Waals surface area (Å²) in [6.07, 6.45) is 0. The second kappa shape index (κ2) is 7.78. The molecular formula is C14H19N3O3S. The zero-order valence-electron chi connectivity index (χ0n) is 12.1. The predicted molar refractivity (Wildman–Crippen MR) is 80.9 cm³/mol. The Bertz CT molecular complexity index is 642. The van der Waals surface area contributed by atoms with Crippen molar-refractivity contribution in [2.45, 2.75) is 11.8 Å². The lowest BCUT2D eigenvalue weighted by Gasteiger charge is -2.14. The van der Waals surface area contributed by atoms with Crippen LogP contribution in [0.5, 0.6) is 0 Å². The van der Waals surface area contributed by atoms with Crippen LogP contribution in [-0.4, -0.2) is 45.9 Å². The molecule has 0 atom stereocenters. The SMILES string of the molecule is CCN(C)C(=O)CNS(=O)(=O)c1ccc(C#CCN)cc1. The average molecular weight is 309 g/mol. The minimum atomic E-state index is -3.70. The van der Waals surface area contributed by atoms with Crippen LogP contribution in [0.4, 0.5) is 0 Å². The summed E-state index contributed by atoms with van der Waals surface area (Å²) >= 11 is 0. The van der Waals surface area contributed by atoms with Crippen LogP contribution in [-0.2, 0) is 14.8 Å². The molecule has 3 N–H and O–H groups in total. The van der Waals surface area contributed by atoms with Gasteiger partial charge in [-0.2, -0.15) is 0 Å². The lowest BCUT2D eigenvalue weighted by atomic mass is 10.2. The van der Waals surface area contributed by atoms with Gasteiger partial charge in [0.25, 0.3) is 0 Å². The van der Waals surface area contributed by atoms with E-state index in [0.29, 0.717) is 12.1 Å². The third-order valence-electron chi connectivity index (χ3n) is 2.81. The van der Waals surface area contributed by atoms with Crippen LogP contribution in [0.3, 0.4) is 0 Å². The quantitative estimate of drug-likeness (QED) is 0.734. The van der Waals surface area contributed by atoms with Gasteiger partial charge in [0, 0.05) is 19.2 Å². The fraction of sp³-hybridized carbons (Fsp3) is 0.357. The molecule has 21 heavy (non-hydrogen) atoms. The van der Waals surface area contributed by atoms with Crippen LogP contribution in [0, 0.1) is 11.8 Å². The highest BCUT2D eigenvalue weighted by Gasteiger charge is 2.16. The Morgan fingerprint density at radius 2 is 1.95 bits per heavy atom. The fourth-order valence-corrected chi connectivity index (χ4v) is 2.40. The summed E-state index contributed by atoms with van der Waals surface area (Å²) < 4.78 is 26.3. The average Bonchev–Trinajstić information content (AvgIpc) is 2.50. The van der Waals surface area contributed by atoms with E-state index in [-0.39, 0.29) is 23.9 Å². The van der Waals surface area contributed by atoms with Gasteiger partial charge in [-0.3, -0.25) is 4.79 Å². The number of carbonyl (C=O) groups is 1. The molecule has 1 aromatic carbocycles. The molecule has 6 nitrogen and oxygen atoms in total. The van der Waals surface area contributed by atoms with Gasteiger partial charge in [-0.1, -0.05) is 11.8 Å². The van der Waals surface area contributed by atoms with Crippen LogP contribution < -0.4 is 10.5 Å². The molecule has 0 saturated heterocycles. The van der Waals surface area contributed by atoms with E-state index in [2.05, 4.69) is 16.6 Å². The summed E-state index contributed by atoms with van der Waals surface area (Å²) in [5.41, 5.74) is 5.95. The first-order valence-electron chi connectivity index (χ1n) is 6.43. The number of nitrogens with two attached hydrogens (primary N) is 1. The number of amides is 1. The first-order chi connectivity index (χ1) is 9.90. The predicted octanol–water partition coefficient (Wildman–Crippen LogP) is -0.247. The van der Waals surface area contributed by atoms with Gasteiger partial charge >= 0.3 is 0 Å². The van der Waals surface area contributed by atoms with Crippen molar-refractivity contribution in [3.63, 3.8) is 0 Å². The highest BCUT2D eigenvalue weighted by atomic mass is 32.2. The molecule has 7 heteroatoms. The van der Waals surface area contributed by atoms with Crippen LogP contribution in [0.2, 0.25) is 0 Å². The maximum atomic E-state index is 12.0. The van der Waals surface area contributed by atoms with E-state index in [4.69, 9.17) is 5.73 Å². The minimum Gasteiger partial charge on any atom is -0.345 e. The Morgan fingerprint density at radius 3 is 2.48 bits per heavy atom. The zero-order chi connectivity index (χ0) is 15.9. The van der Waals surface area contributed by atoms with Crippen molar-refractivity contribution in [3.8, 4) is 11.8 Å². The Kier molecular flexibility index (Phi) is 6.37. The first-order valence-corrected chi connectivity index (χ1v) is 7.91. The normalized spacial score (nSPS) is 10.6. The standard InChI is InChI=1S/C14H19N3O3S/c1-3-17(2)14(18)11-16-21(19,20)13-8-6-12(7-9-13)5-4-10-15/h6-9,16H,3,10-11,15H2,1-2H3. The number of carbonyl (C=O) groups excluding carboxylic acids is 1. The molecule has 0 aliphatic carbocycles. The third-order valence-corrected chi connectivity index (χ3v) is 4.23. The maximum Gasteiger partial charge on any atom is 0.241 e. The van der Waals surface area contributed by atoms with Crippen molar-refractivity contribution in [3.05, 3.63) is 29.8 Å². The number of nitrogens with zero attached hydrogens (tertiary/aromatic N) is 1. The van der Waals surface area contributed by atoms with Gasteiger partial charge in [-0.25, -0.2) is 13.1 Å². The molecule has 1 rings (SSSR count). The molecule has 0 saturated carbocycles. The van der Waals surface area contributed by atoms with E-state index in [1.165, 1.54) is 17.0 Å². The summed E-state index contributed by atoms with van der Waals surface area (Å²) in [6, 6.07) is 6.07. The van der Waals surface area contributed by atoms with Crippen LogP contribution >= 0.6 is 0 Å². The van der Waals surface area contributed by atoms with Crippen molar-refractivity contribution in [1.29, 1.82) is 0 Å². The van der Waals surface area contributed by atoms with Gasteiger partial charge in [-0.15, -0.1) is 0 Å². The zero-order valence-corrected chi connectivity index (χ0v) is 12.9. The number of rotatable bonds is 5. The summed E-state index contributed by atoms with van der Waals surface area (Å²) in [4.78, 5) is 13.1. The smallest absolute Gasteiger partial charge is 0.241 e. The van der Waals surface area contributed by atoms with Gasteiger partial charge in [0.15, 0.2) is 0 Å². The number of sulfonamides is 1. The van der Waals surface area contributed by atoms with Crippen LogP contribution in [0.1, 0.15) is 12.5 Å². The number of hydrogen-bond acceptors (Lipinski definition) is 4. The summed E-state index contributed by atoms with van der Waals surface area (Å²) in [5.74, 6) is 5.20. The minimum absolute atomic E-state index is 0.0905.